The van der Waals surface area contributed by atoms with Gasteiger partial charge in [0, 0.05) is 17.2 Å². The highest BCUT2D eigenvalue weighted by Crippen LogP contribution is 2.38. The molecule has 0 amide bonds. The number of hydrogen-bond donors (Lipinski definition) is 1. The largest absolute Gasteiger partial charge is 0.371 e. The van der Waals surface area contributed by atoms with E-state index in [1.807, 2.05) is 18.8 Å². The smallest absolute Gasteiger partial charge is 0.101 e. The molecule has 0 aliphatic carbocycles. The summed E-state index contributed by atoms with van der Waals surface area (Å²) in [6.07, 6.45) is 2.82. The summed E-state index contributed by atoms with van der Waals surface area (Å²) in [5.74, 6) is 1.27. The Hall–Kier alpha value is 0.01000. The molecular formula is C9H15NOS. The van der Waals surface area contributed by atoms with Crippen LogP contribution in [-0.4, -0.2) is 32.1 Å². The van der Waals surface area contributed by atoms with Gasteiger partial charge in [0.05, 0.1) is 6.61 Å². The van der Waals surface area contributed by atoms with Crippen LogP contribution in [0, 0.1) is 0 Å². The molecule has 1 N–H and O–H groups in total. The number of rotatable bonds is 2. The number of nitrogens with one attached hydrogen (secondary N) is 1. The molecule has 0 saturated carbocycles. The van der Waals surface area contributed by atoms with Crippen molar-refractivity contribution in [3.8, 4) is 0 Å². The molecule has 2 nitrogen and oxygen atoms in total. The third kappa shape index (κ3) is 1.53. The molecule has 0 radical (unpaired) electrons. The van der Waals surface area contributed by atoms with Crippen LogP contribution in [0.2, 0.25) is 0 Å². The van der Waals surface area contributed by atoms with Crippen molar-refractivity contribution in [2.45, 2.75) is 18.9 Å². The Morgan fingerprint density at radius 1 is 1.58 bits per heavy atom. The van der Waals surface area contributed by atoms with Gasteiger partial charge in [0.1, 0.15) is 6.10 Å². The summed E-state index contributed by atoms with van der Waals surface area (Å²) >= 11 is 1.99. The molecule has 0 spiro atoms. The van der Waals surface area contributed by atoms with E-state index < -0.39 is 0 Å². The van der Waals surface area contributed by atoms with Crippen molar-refractivity contribution >= 4 is 11.8 Å². The molecule has 0 fully saturated rings. The zero-order valence-corrected chi connectivity index (χ0v) is 8.25. The Bertz CT molecular complexity index is 203. The topological polar surface area (TPSA) is 21.3 Å². The number of hydrogen-bond acceptors (Lipinski definition) is 3. The fourth-order valence-corrected chi connectivity index (χ4v) is 3.13. The van der Waals surface area contributed by atoms with Crippen molar-refractivity contribution in [3.05, 3.63) is 10.5 Å². The zero-order chi connectivity index (χ0) is 8.39. The molecular weight excluding hydrogens is 170 g/mol. The van der Waals surface area contributed by atoms with Crippen LogP contribution in [0.1, 0.15) is 12.8 Å². The number of likely N-dealkylation sites (N-methyl/N-ethyl adjacent to an activating group) is 1. The second-order valence-electron chi connectivity index (χ2n) is 3.23. The van der Waals surface area contributed by atoms with E-state index in [2.05, 4.69) is 5.32 Å². The Morgan fingerprint density at radius 2 is 2.50 bits per heavy atom. The van der Waals surface area contributed by atoms with Crippen molar-refractivity contribution in [1.29, 1.82) is 0 Å². The third-order valence-electron chi connectivity index (χ3n) is 2.41. The van der Waals surface area contributed by atoms with Crippen LogP contribution in [0.3, 0.4) is 0 Å². The third-order valence-corrected chi connectivity index (χ3v) is 3.69. The van der Waals surface area contributed by atoms with E-state index in [4.69, 9.17) is 4.74 Å². The lowest BCUT2D eigenvalue weighted by atomic mass is 10.1. The van der Waals surface area contributed by atoms with Crippen molar-refractivity contribution in [1.82, 2.24) is 5.32 Å². The Balaban J connectivity index is 2.08. The van der Waals surface area contributed by atoms with Gasteiger partial charge >= 0.3 is 0 Å². The molecule has 0 aromatic heterocycles. The quantitative estimate of drug-likeness (QED) is 0.702. The average Bonchev–Trinajstić information content (AvgIpc) is 2.53. The van der Waals surface area contributed by atoms with Crippen LogP contribution in [0.4, 0.5) is 0 Å². The maximum Gasteiger partial charge on any atom is 0.101 e. The van der Waals surface area contributed by atoms with E-state index in [0.29, 0.717) is 6.10 Å². The van der Waals surface area contributed by atoms with Gasteiger partial charge in [0.25, 0.3) is 0 Å². The number of ether oxygens (including phenoxy) is 1. The monoisotopic (exact) mass is 185 g/mol. The molecule has 2 rings (SSSR count). The first kappa shape index (κ1) is 8.60. The minimum atomic E-state index is 0.353. The SMILES string of the molecule is CNC[C@@H]1OCCC2=C1SCC2. The van der Waals surface area contributed by atoms with Gasteiger partial charge in [-0.15, -0.1) is 11.8 Å². The van der Waals surface area contributed by atoms with E-state index in [1.165, 1.54) is 23.5 Å². The minimum Gasteiger partial charge on any atom is -0.371 e. The van der Waals surface area contributed by atoms with Gasteiger partial charge in [-0.3, -0.25) is 0 Å². The maximum absolute atomic E-state index is 5.69. The van der Waals surface area contributed by atoms with Gasteiger partial charge in [-0.25, -0.2) is 0 Å². The van der Waals surface area contributed by atoms with Crippen molar-refractivity contribution in [2.24, 2.45) is 0 Å². The highest BCUT2D eigenvalue weighted by Gasteiger charge is 2.26. The minimum absolute atomic E-state index is 0.353. The summed E-state index contributed by atoms with van der Waals surface area (Å²) in [6.45, 7) is 1.89. The Morgan fingerprint density at radius 3 is 3.33 bits per heavy atom. The molecule has 12 heavy (non-hydrogen) atoms. The lowest BCUT2D eigenvalue weighted by molar-refractivity contribution is 0.0750. The molecule has 0 bridgehead atoms. The summed E-state index contributed by atoms with van der Waals surface area (Å²) in [5.41, 5.74) is 1.66. The molecule has 0 aromatic carbocycles. The van der Waals surface area contributed by atoms with Gasteiger partial charge in [0.2, 0.25) is 0 Å². The molecule has 2 aliphatic heterocycles. The van der Waals surface area contributed by atoms with Crippen LogP contribution in [0.15, 0.2) is 10.5 Å². The van der Waals surface area contributed by atoms with Crippen molar-refractivity contribution in [3.63, 3.8) is 0 Å². The van der Waals surface area contributed by atoms with Crippen molar-refractivity contribution < 1.29 is 4.74 Å². The van der Waals surface area contributed by atoms with Gasteiger partial charge in [-0.05, 0) is 19.9 Å². The van der Waals surface area contributed by atoms with Crippen LogP contribution in [0.5, 0.6) is 0 Å². The standard InChI is InChI=1S/C9H15NOS/c1-10-6-8-9-7(2-4-11-8)3-5-12-9/h8,10H,2-6H2,1H3/t8-/m0/s1. The molecule has 68 valence electrons. The summed E-state index contributed by atoms with van der Waals surface area (Å²) in [4.78, 5) is 1.52. The molecule has 2 heterocycles. The Labute approximate surface area is 77.7 Å². The first-order valence-electron chi connectivity index (χ1n) is 4.52. The van der Waals surface area contributed by atoms with Crippen molar-refractivity contribution in [2.75, 3.05) is 26.0 Å². The normalized spacial score (nSPS) is 29.2. The molecule has 0 aromatic rings. The van der Waals surface area contributed by atoms with Crippen LogP contribution >= 0.6 is 11.8 Å². The second kappa shape index (κ2) is 3.81. The van der Waals surface area contributed by atoms with Gasteiger partial charge < -0.3 is 10.1 Å². The van der Waals surface area contributed by atoms with Gasteiger partial charge in [-0.2, -0.15) is 0 Å². The number of thioether (sulfide) groups is 1. The van der Waals surface area contributed by atoms with E-state index in [0.717, 1.165) is 13.2 Å². The molecule has 3 heteroatoms. The fourth-order valence-electron chi connectivity index (χ4n) is 1.82. The van der Waals surface area contributed by atoms with E-state index in [1.54, 1.807) is 5.57 Å². The lowest BCUT2D eigenvalue weighted by Gasteiger charge is -2.24. The van der Waals surface area contributed by atoms with Crippen LogP contribution in [0.25, 0.3) is 0 Å². The predicted molar refractivity (Wildman–Crippen MR) is 52.4 cm³/mol. The Kier molecular flexibility index (Phi) is 2.73. The zero-order valence-electron chi connectivity index (χ0n) is 7.43. The second-order valence-corrected chi connectivity index (χ2v) is 4.37. The highest BCUT2D eigenvalue weighted by atomic mass is 32.2. The van der Waals surface area contributed by atoms with Crippen LogP contribution in [-0.2, 0) is 4.74 Å². The summed E-state index contributed by atoms with van der Waals surface area (Å²) in [7, 11) is 1.98. The molecule has 0 unspecified atom stereocenters. The van der Waals surface area contributed by atoms with Crippen LogP contribution < -0.4 is 5.32 Å². The summed E-state index contributed by atoms with van der Waals surface area (Å²) in [5, 5.41) is 3.18. The summed E-state index contributed by atoms with van der Waals surface area (Å²) in [6, 6.07) is 0. The molecule has 0 saturated heterocycles. The lowest BCUT2D eigenvalue weighted by Crippen LogP contribution is -2.30. The average molecular weight is 185 g/mol. The maximum atomic E-state index is 5.69. The predicted octanol–water partition coefficient (Wildman–Crippen LogP) is 1.39. The summed E-state index contributed by atoms with van der Waals surface area (Å²) < 4.78 is 5.69. The van der Waals surface area contributed by atoms with E-state index in [9.17, 15) is 0 Å². The van der Waals surface area contributed by atoms with Gasteiger partial charge in [-0.1, -0.05) is 5.57 Å². The van der Waals surface area contributed by atoms with E-state index in [-0.39, 0.29) is 0 Å². The fraction of sp³-hybridized carbons (Fsp3) is 0.778. The first-order valence-corrected chi connectivity index (χ1v) is 5.51. The van der Waals surface area contributed by atoms with Gasteiger partial charge in [0.15, 0.2) is 0 Å². The molecule has 1 atom stereocenters. The molecule has 2 aliphatic rings. The first-order chi connectivity index (χ1) is 5.92. The highest BCUT2D eigenvalue weighted by molar-refractivity contribution is 8.03. The van der Waals surface area contributed by atoms with E-state index >= 15 is 0 Å².